The van der Waals surface area contributed by atoms with E-state index < -0.39 is 0 Å². The lowest BCUT2D eigenvalue weighted by atomic mass is 9.97. The van der Waals surface area contributed by atoms with Crippen molar-refractivity contribution < 1.29 is 19.1 Å². The van der Waals surface area contributed by atoms with Crippen LogP contribution in [0.4, 0.5) is 5.69 Å². The average Bonchev–Trinajstić information content (AvgIpc) is 3.24. The highest BCUT2D eigenvalue weighted by molar-refractivity contribution is 7.12. The van der Waals surface area contributed by atoms with Crippen molar-refractivity contribution in [3.63, 3.8) is 0 Å². The van der Waals surface area contributed by atoms with E-state index in [0.29, 0.717) is 30.8 Å². The van der Waals surface area contributed by atoms with Crippen molar-refractivity contribution in [1.82, 2.24) is 4.90 Å². The zero-order valence-electron chi connectivity index (χ0n) is 16.1. The third kappa shape index (κ3) is 4.78. The molecule has 1 aromatic heterocycles. The largest absolute Gasteiger partial charge is 0.455 e. The SMILES string of the molecule is Cc1cccc(NC(=O)COC(=O)C2CCN(C(=O)c3cccs3)CC2)c1C. The van der Waals surface area contributed by atoms with Crippen molar-refractivity contribution in [2.24, 2.45) is 5.92 Å². The van der Waals surface area contributed by atoms with Gasteiger partial charge in [0.15, 0.2) is 6.61 Å². The monoisotopic (exact) mass is 400 g/mol. The molecule has 1 saturated heterocycles. The van der Waals surface area contributed by atoms with E-state index in [1.807, 2.05) is 49.6 Å². The van der Waals surface area contributed by atoms with E-state index in [1.54, 1.807) is 4.90 Å². The molecule has 3 rings (SSSR count). The molecule has 0 saturated carbocycles. The molecule has 2 heterocycles. The lowest BCUT2D eigenvalue weighted by Crippen LogP contribution is -2.40. The van der Waals surface area contributed by atoms with Crippen LogP contribution in [0.1, 0.15) is 33.6 Å². The molecule has 2 amide bonds. The third-order valence-corrected chi connectivity index (χ3v) is 5.93. The van der Waals surface area contributed by atoms with Crippen LogP contribution >= 0.6 is 11.3 Å². The van der Waals surface area contributed by atoms with Crippen LogP contribution in [0.2, 0.25) is 0 Å². The Kier molecular flexibility index (Phi) is 6.46. The molecular formula is C21H24N2O4S. The molecule has 0 atom stereocenters. The number of carbonyl (C=O) groups excluding carboxylic acids is 3. The summed E-state index contributed by atoms with van der Waals surface area (Å²) in [6.07, 6.45) is 1.10. The van der Waals surface area contributed by atoms with Crippen LogP contribution in [0, 0.1) is 19.8 Å². The summed E-state index contributed by atoms with van der Waals surface area (Å²) in [4.78, 5) is 39.2. The number of nitrogens with one attached hydrogen (secondary N) is 1. The van der Waals surface area contributed by atoms with Crippen molar-refractivity contribution >= 4 is 34.8 Å². The summed E-state index contributed by atoms with van der Waals surface area (Å²) in [5.41, 5.74) is 2.80. The maximum absolute atomic E-state index is 12.3. The van der Waals surface area contributed by atoms with E-state index >= 15 is 0 Å². The number of thiophene rings is 1. The van der Waals surface area contributed by atoms with Crippen molar-refractivity contribution in [2.45, 2.75) is 26.7 Å². The number of ether oxygens (including phenoxy) is 1. The van der Waals surface area contributed by atoms with Crippen LogP contribution in [-0.4, -0.2) is 42.4 Å². The van der Waals surface area contributed by atoms with Crippen LogP contribution in [0.25, 0.3) is 0 Å². The first-order valence-electron chi connectivity index (χ1n) is 9.31. The summed E-state index contributed by atoms with van der Waals surface area (Å²) in [5.74, 6) is -0.998. The molecule has 7 heteroatoms. The van der Waals surface area contributed by atoms with Crippen molar-refractivity contribution in [1.29, 1.82) is 0 Å². The second-order valence-electron chi connectivity index (χ2n) is 6.95. The lowest BCUT2D eigenvalue weighted by Gasteiger charge is -2.30. The highest BCUT2D eigenvalue weighted by Gasteiger charge is 2.29. The number of carbonyl (C=O) groups is 3. The second kappa shape index (κ2) is 9.01. The molecule has 0 radical (unpaired) electrons. The number of nitrogens with zero attached hydrogens (tertiary/aromatic N) is 1. The zero-order chi connectivity index (χ0) is 20.1. The van der Waals surface area contributed by atoms with E-state index in [2.05, 4.69) is 5.32 Å². The Bertz CT molecular complexity index is 855. The second-order valence-corrected chi connectivity index (χ2v) is 7.89. The number of hydrogen-bond donors (Lipinski definition) is 1. The minimum atomic E-state index is -0.376. The molecule has 1 N–H and O–H groups in total. The van der Waals surface area contributed by atoms with E-state index in [4.69, 9.17) is 4.74 Å². The van der Waals surface area contributed by atoms with Crippen LogP contribution in [0.15, 0.2) is 35.7 Å². The highest BCUT2D eigenvalue weighted by atomic mass is 32.1. The van der Waals surface area contributed by atoms with Gasteiger partial charge in [0.25, 0.3) is 11.8 Å². The number of amides is 2. The van der Waals surface area contributed by atoms with Gasteiger partial charge in [-0.3, -0.25) is 14.4 Å². The highest BCUT2D eigenvalue weighted by Crippen LogP contribution is 2.22. The number of esters is 1. The maximum Gasteiger partial charge on any atom is 0.309 e. The third-order valence-electron chi connectivity index (χ3n) is 5.07. The summed E-state index contributed by atoms with van der Waals surface area (Å²) in [5, 5.41) is 4.65. The molecule has 1 aliphatic heterocycles. The number of aryl methyl sites for hydroxylation is 1. The van der Waals surface area contributed by atoms with E-state index in [-0.39, 0.29) is 30.3 Å². The predicted molar refractivity (Wildman–Crippen MR) is 108 cm³/mol. The van der Waals surface area contributed by atoms with E-state index in [9.17, 15) is 14.4 Å². The summed E-state index contributed by atoms with van der Waals surface area (Å²) in [7, 11) is 0. The number of rotatable bonds is 5. The summed E-state index contributed by atoms with van der Waals surface area (Å²) in [6, 6.07) is 9.32. The molecule has 148 valence electrons. The topological polar surface area (TPSA) is 75.7 Å². The minimum absolute atomic E-state index is 0.00900. The van der Waals surface area contributed by atoms with Gasteiger partial charge in [0.1, 0.15) is 0 Å². The van der Waals surface area contributed by atoms with Crippen LogP contribution in [0.5, 0.6) is 0 Å². The Morgan fingerprint density at radius 1 is 1.14 bits per heavy atom. The summed E-state index contributed by atoms with van der Waals surface area (Å²) < 4.78 is 5.20. The fourth-order valence-electron chi connectivity index (χ4n) is 3.20. The average molecular weight is 401 g/mol. The Hall–Kier alpha value is -2.67. The van der Waals surface area contributed by atoms with Crippen LogP contribution in [0.3, 0.4) is 0 Å². The molecule has 0 unspecified atom stereocenters. The van der Waals surface area contributed by atoms with Crippen LogP contribution in [-0.2, 0) is 14.3 Å². The minimum Gasteiger partial charge on any atom is -0.455 e. The number of likely N-dealkylation sites (tertiary alicyclic amines) is 1. The summed E-state index contributed by atoms with van der Waals surface area (Å²) >= 11 is 1.42. The van der Waals surface area contributed by atoms with Gasteiger partial charge in [-0.25, -0.2) is 0 Å². The van der Waals surface area contributed by atoms with Crippen molar-refractivity contribution in [2.75, 3.05) is 25.0 Å². The molecule has 0 aliphatic carbocycles. The molecule has 0 spiro atoms. The Morgan fingerprint density at radius 2 is 1.89 bits per heavy atom. The molecule has 28 heavy (non-hydrogen) atoms. The first kappa shape index (κ1) is 20.1. The number of benzene rings is 1. The quantitative estimate of drug-likeness (QED) is 0.781. The van der Waals surface area contributed by atoms with Gasteiger partial charge < -0.3 is 15.0 Å². The number of piperidine rings is 1. The zero-order valence-corrected chi connectivity index (χ0v) is 16.9. The fourth-order valence-corrected chi connectivity index (χ4v) is 3.89. The first-order chi connectivity index (χ1) is 13.5. The maximum atomic E-state index is 12.3. The van der Waals surface area contributed by atoms with Gasteiger partial charge in [0.2, 0.25) is 0 Å². The van der Waals surface area contributed by atoms with Gasteiger partial charge in [0, 0.05) is 18.8 Å². The normalized spacial score (nSPS) is 14.6. The molecule has 1 fully saturated rings. The standard InChI is InChI=1S/C21H24N2O4S/c1-14-5-3-6-17(15(14)2)22-19(24)13-27-21(26)16-8-10-23(11-9-16)20(25)18-7-4-12-28-18/h3-7,12,16H,8-11,13H2,1-2H3,(H,22,24). The molecule has 6 nitrogen and oxygen atoms in total. The Balaban J connectivity index is 1.44. The van der Waals surface area contributed by atoms with Crippen molar-refractivity contribution in [3.8, 4) is 0 Å². The molecule has 1 aromatic carbocycles. The number of anilines is 1. The Morgan fingerprint density at radius 3 is 2.57 bits per heavy atom. The molecule has 1 aliphatic rings. The lowest BCUT2D eigenvalue weighted by molar-refractivity contribution is -0.152. The van der Waals surface area contributed by atoms with Crippen LogP contribution < -0.4 is 5.32 Å². The van der Waals surface area contributed by atoms with Gasteiger partial charge in [0.05, 0.1) is 10.8 Å². The van der Waals surface area contributed by atoms with Gasteiger partial charge in [-0.05, 0) is 55.3 Å². The van der Waals surface area contributed by atoms with Gasteiger partial charge in [-0.1, -0.05) is 18.2 Å². The molecule has 2 aromatic rings. The summed E-state index contributed by atoms with van der Waals surface area (Å²) in [6.45, 7) is 4.64. The van der Waals surface area contributed by atoms with Gasteiger partial charge in [-0.2, -0.15) is 0 Å². The Labute approximate surface area is 168 Å². The first-order valence-corrected chi connectivity index (χ1v) is 10.2. The molecule has 0 bridgehead atoms. The van der Waals surface area contributed by atoms with Crippen molar-refractivity contribution in [3.05, 3.63) is 51.7 Å². The van der Waals surface area contributed by atoms with E-state index in [1.165, 1.54) is 11.3 Å². The van der Waals surface area contributed by atoms with Gasteiger partial charge >= 0.3 is 5.97 Å². The molecular weight excluding hydrogens is 376 g/mol. The van der Waals surface area contributed by atoms with Gasteiger partial charge in [-0.15, -0.1) is 11.3 Å². The number of hydrogen-bond acceptors (Lipinski definition) is 5. The fraction of sp³-hybridized carbons (Fsp3) is 0.381. The smallest absolute Gasteiger partial charge is 0.309 e. The predicted octanol–water partition coefficient (Wildman–Crippen LogP) is 3.40. The van der Waals surface area contributed by atoms with E-state index in [0.717, 1.165) is 16.8 Å².